The molecule has 3 aromatic rings. The normalized spacial score (nSPS) is 31.7. The molecule has 1 saturated heterocycles. The van der Waals surface area contributed by atoms with Gasteiger partial charge in [0.1, 0.15) is 24.7 Å². The molecule has 14 heteroatoms. The minimum Gasteiger partial charge on any atom is -0.458 e. The number of ketones is 1. The number of carbonyl (C=O) groups excluding carboxylic acids is 4. The number of hydrogen-bond acceptors (Lipinski definition) is 11. The lowest BCUT2D eigenvalue weighted by molar-refractivity contribution is -0.172. The predicted octanol–water partition coefficient (Wildman–Crippen LogP) is 6.56. The van der Waals surface area contributed by atoms with E-state index in [2.05, 4.69) is 13.8 Å². The summed E-state index contributed by atoms with van der Waals surface area (Å²) < 4.78 is 19.6. The molecule has 4 aliphatic carbocycles. The van der Waals surface area contributed by atoms with E-state index in [0.717, 1.165) is 55.0 Å². The number of hydrogen-bond donors (Lipinski definition) is 1. The number of Topliss-reactive ketones (excluding diaryl/α,β-unsaturated/α-hetero) is 1. The molecule has 0 radical (unpaired) electrons. The molecule has 348 valence electrons. The van der Waals surface area contributed by atoms with Crippen molar-refractivity contribution >= 4 is 34.7 Å². The van der Waals surface area contributed by atoms with Gasteiger partial charge in [0.15, 0.2) is 5.60 Å². The second-order valence-corrected chi connectivity index (χ2v) is 21.4. The number of carbonyl (C=O) groups is 4. The summed E-state index contributed by atoms with van der Waals surface area (Å²) in [5.41, 5.74) is 2.04. The second-order valence-electron chi connectivity index (χ2n) is 21.4. The van der Waals surface area contributed by atoms with Gasteiger partial charge < -0.3 is 38.6 Å². The van der Waals surface area contributed by atoms with Crippen molar-refractivity contribution in [2.24, 2.45) is 34.5 Å². The minimum absolute atomic E-state index is 0.0140. The fraction of sp³-hybridized carbons (Fsp3) is 0.647. The fourth-order valence-electron chi connectivity index (χ4n) is 14.0. The number of piperidine rings is 1. The number of rotatable bonds is 8. The van der Waals surface area contributed by atoms with Crippen LogP contribution in [0.2, 0.25) is 0 Å². The van der Waals surface area contributed by atoms with E-state index < -0.39 is 17.7 Å². The van der Waals surface area contributed by atoms with Gasteiger partial charge in [-0.15, -0.1) is 0 Å². The molecule has 2 aromatic heterocycles. The molecule has 3 aliphatic heterocycles. The highest BCUT2D eigenvalue weighted by Crippen LogP contribution is 2.66. The Morgan fingerprint density at radius 1 is 0.954 bits per heavy atom. The molecule has 5 fully saturated rings. The monoisotopic (exact) mass is 891 g/mol. The zero-order valence-electron chi connectivity index (χ0n) is 39.0. The minimum atomic E-state index is -1.91. The topological polar surface area (TPSA) is 161 Å². The Kier molecular flexibility index (Phi) is 11.1. The van der Waals surface area contributed by atoms with E-state index in [-0.39, 0.29) is 71.7 Å². The summed E-state index contributed by atoms with van der Waals surface area (Å²) in [6.07, 6.45) is 10.4. The van der Waals surface area contributed by atoms with E-state index in [1.807, 2.05) is 43.1 Å². The average Bonchev–Trinajstić information content (AvgIpc) is 3.83. The zero-order chi connectivity index (χ0) is 45.7. The Morgan fingerprint density at radius 2 is 1.72 bits per heavy atom. The Morgan fingerprint density at radius 3 is 2.48 bits per heavy atom. The average molecular weight is 892 g/mol. The summed E-state index contributed by atoms with van der Waals surface area (Å²) in [6.45, 7) is 8.08. The molecule has 7 aliphatic rings. The summed E-state index contributed by atoms with van der Waals surface area (Å²) in [5.74, 6) is 2.62. The maximum Gasteiger partial charge on any atom is 0.415 e. The third-order valence-corrected chi connectivity index (χ3v) is 17.9. The number of pyridine rings is 2. The fourth-order valence-corrected chi connectivity index (χ4v) is 14.0. The SMILES string of the molecule is CC[C@@]1(O)C(=O)OCc2c1cc1n(c2=O)Cc2cc3c(CN(C)C)c(OC(=O)N4CCC(N(C)C(=O)CO[C@H]5CC[C@H]6[C@@H]7CC[C@H]8CC(=O)CC[C@]8(C)[C@H]7CC[C@]56C)CC4)ccc3nc2-1. The maximum absolute atomic E-state index is 13.8. The molecule has 4 saturated carbocycles. The number of benzene rings is 1. The van der Waals surface area contributed by atoms with Crippen molar-refractivity contribution in [3.63, 3.8) is 0 Å². The van der Waals surface area contributed by atoms with Gasteiger partial charge in [0.25, 0.3) is 5.56 Å². The van der Waals surface area contributed by atoms with Crippen LogP contribution in [0.3, 0.4) is 0 Å². The number of esters is 1. The van der Waals surface area contributed by atoms with Crippen LogP contribution in [0.4, 0.5) is 4.79 Å². The molecular formula is C51H65N5O9. The lowest BCUT2D eigenvalue weighted by Gasteiger charge is -2.60. The first kappa shape index (κ1) is 44.2. The number of likely N-dealkylation sites (tertiary alicyclic amines) is 1. The first-order valence-electron chi connectivity index (χ1n) is 24.2. The summed E-state index contributed by atoms with van der Waals surface area (Å²) in [7, 11) is 5.75. The number of likely N-dealkylation sites (N-methyl/N-ethyl adjacent to an activating group) is 1. The van der Waals surface area contributed by atoms with Crippen LogP contribution in [0, 0.1) is 34.5 Å². The van der Waals surface area contributed by atoms with Crippen molar-refractivity contribution in [1.29, 1.82) is 0 Å². The number of aromatic nitrogens is 2. The van der Waals surface area contributed by atoms with E-state index >= 15 is 0 Å². The first-order valence-corrected chi connectivity index (χ1v) is 24.2. The van der Waals surface area contributed by atoms with E-state index in [0.29, 0.717) is 84.6 Å². The van der Waals surface area contributed by atoms with E-state index in [4.69, 9.17) is 19.2 Å². The molecule has 5 heterocycles. The molecular weight excluding hydrogens is 827 g/mol. The summed E-state index contributed by atoms with van der Waals surface area (Å²) in [4.78, 5) is 76.8. The molecule has 0 spiro atoms. The second kappa shape index (κ2) is 16.3. The smallest absolute Gasteiger partial charge is 0.415 e. The lowest BCUT2D eigenvalue weighted by Crippen LogP contribution is -2.54. The molecule has 8 atom stereocenters. The summed E-state index contributed by atoms with van der Waals surface area (Å²) >= 11 is 0. The van der Waals surface area contributed by atoms with Gasteiger partial charge in [0.2, 0.25) is 5.91 Å². The van der Waals surface area contributed by atoms with Crippen molar-refractivity contribution in [3.8, 4) is 17.1 Å². The van der Waals surface area contributed by atoms with Crippen LogP contribution >= 0.6 is 0 Å². The number of ether oxygens (including phenoxy) is 3. The summed E-state index contributed by atoms with van der Waals surface area (Å²) in [6, 6.07) is 7.27. The third kappa shape index (κ3) is 7.14. The van der Waals surface area contributed by atoms with Crippen LogP contribution in [-0.2, 0) is 49.2 Å². The van der Waals surface area contributed by atoms with E-state index in [1.165, 1.54) is 19.3 Å². The van der Waals surface area contributed by atoms with Crippen LogP contribution in [0.1, 0.15) is 120 Å². The van der Waals surface area contributed by atoms with Crippen LogP contribution in [0.5, 0.6) is 5.75 Å². The van der Waals surface area contributed by atoms with Crippen molar-refractivity contribution in [2.75, 3.05) is 40.8 Å². The quantitative estimate of drug-likeness (QED) is 0.191. The Hall–Kier alpha value is -4.66. The number of cyclic esters (lactones) is 1. The van der Waals surface area contributed by atoms with Crippen LogP contribution in [-0.4, -0.2) is 106 Å². The molecule has 14 nitrogen and oxygen atoms in total. The Balaban J connectivity index is 0.772. The van der Waals surface area contributed by atoms with Crippen molar-refractivity contribution < 1.29 is 38.5 Å². The third-order valence-electron chi connectivity index (χ3n) is 17.9. The lowest BCUT2D eigenvalue weighted by atomic mass is 9.45. The largest absolute Gasteiger partial charge is 0.458 e. The standard InChI is InChI=1S/C51H65N5O9/c1-7-51(62)39-24-41-45-29(25-56(41)46(59)36(39)27-64-47(51)60)22-34-35(26-53(4)5)42(12-11-40(34)52-45)65-48(61)55-20-16-31(17-21-55)54(6)44(58)28-63-43-13-10-37-33-9-8-30-23-32(57)14-18-49(30,2)38(33)15-19-50(37,43)3/h11-12,22,24,30-31,33,37-38,43,62H,7-10,13-21,23,25-28H2,1-6H3/t30-,33-,37-,38-,43-,49-,50-,51-/m0/s1. The van der Waals surface area contributed by atoms with Gasteiger partial charge in [-0.25, -0.2) is 14.6 Å². The zero-order valence-corrected chi connectivity index (χ0v) is 39.0. The molecule has 10 rings (SSSR count). The highest BCUT2D eigenvalue weighted by Gasteiger charge is 2.60. The molecule has 2 amide bonds. The van der Waals surface area contributed by atoms with Crippen LogP contribution < -0.4 is 10.3 Å². The van der Waals surface area contributed by atoms with Crippen molar-refractivity contribution in [3.05, 3.63) is 56.9 Å². The van der Waals surface area contributed by atoms with Crippen molar-refractivity contribution in [2.45, 2.75) is 135 Å². The van der Waals surface area contributed by atoms with Gasteiger partial charge in [-0.3, -0.25) is 14.4 Å². The van der Waals surface area contributed by atoms with Gasteiger partial charge in [-0.1, -0.05) is 20.8 Å². The van der Waals surface area contributed by atoms with Gasteiger partial charge >= 0.3 is 12.1 Å². The molecule has 0 bridgehead atoms. The molecule has 1 N–H and O–H groups in total. The number of fused-ring (bicyclic) bond motifs is 10. The van der Waals surface area contributed by atoms with E-state index in [1.54, 1.807) is 28.5 Å². The predicted molar refractivity (Wildman–Crippen MR) is 242 cm³/mol. The molecule has 65 heavy (non-hydrogen) atoms. The van der Waals surface area contributed by atoms with Crippen molar-refractivity contribution in [1.82, 2.24) is 24.3 Å². The Bertz CT molecular complexity index is 2530. The van der Waals surface area contributed by atoms with E-state index in [9.17, 15) is 29.1 Å². The number of amides is 2. The number of nitrogens with zero attached hydrogens (tertiary/aromatic N) is 5. The van der Waals surface area contributed by atoms with Gasteiger partial charge in [0, 0.05) is 67.6 Å². The highest BCUT2D eigenvalue weighted by molar-refractivity contribution is 5.90. The molecule has 1 aromatic carbocycles. The van der Waals surface area contributed by atoms with Gasteiger partial charge in [-0.2, -0.15) is 0 Å². The van der Waals surface area contributed by atoms with Gasteiger partial charge in [-0.05, 0) is 137 Å². The van der Waals surface area contributed by atoms with Gasteiger partial charge in [0.05, 0.1) is 35.1 Å². The number of aliphatic hydroxyl groups is 1. The van der Waals surface area contributed by atoms with Crippen LogP contribution in [0.15, 0.2) is 29.1 Å². The Labute approximate surface area is 381 Å². The first-order chi connectivity index (χ1) is 31.0. The maximum atomic E-state index is 13.8. The molecule has 0 unspecified atom stereocenters. The summed E-state index contributed by atoms with van der Waals surface area (Å²) in [5, 5.41) is 12.1. The van der Waals surface area contributed by atoms with Crippen LogP contribution in [0.25, 0.3) is 22.3 Å². The highest BCUT2D eigenvalue weighted by atomic mass is 16.6.